The first kappa shape index (κ1) is 14.0. The molecule has 0 amide bonds. The van der Waals surface area contributed by atoms with Gasteiger partial charge in [0, 0.05) is 12.5 Å². The number of ether oxygens (including phenoxy) is 1. The van der Waals surface area contributed by atoms with Crippen molar-refractivity contribution in [2.45, 2.75) is 27.7 Å². The molecule has 1 unspecified atom stereocenters. The Labute approximate surface area is 105 Å². The van der Waals surface area contributed by atoms with Gasteiger partial charge in [0.15, 0.2) is 0 Å². The van der Waals surface area contributed by atoms with Crippen LogP contribution in [0.3, 0.4) is 0 Å². The summed E-state index contributed by atoms with van der Waals surface area (Å²) in [4.78, 5) is 0. The predicted octanol–water partition coefficient (Wildman–Crippen LogP) is 3.26. The van der Waals surface area contributed by atoms with Gasteiger partial charge in [-0.25, -0.2) is 0 Å². The zero-order valence-corrected chi connectivity index (χ0v) is 11.5. The van der Waals surface area contributed by atoms with Crippen LogP contribution in [0.5, 0.6) is 5.75 Å². The van der Waals surface area contributed by atoms with E-state index in [1.165, 1.54) is 5.56 Å². The fourth-order valence-electron chi connectivity index (χ4n) is 1.63. The Balaban J connectivity index is 2.24. The second-order valence-corrected chi connectivity index (χ2v) is 5.23. The van der Waals surface area contributed by atoms with Gasteiger partial charge in [0.2, 0.25) is 0 Å². The van der Waals surface area contributed by atoms with Crippen molar-refractivity contribution in [3.63, 3.8) is 0 Å². The molecule has 0 fully saturated rings. The molecule has 0 saturated carbocycles. The highest BCUT2D eigenvalue weighted by Gasteiger charge is 2.04. The number of hydrogen-bond donors (Lipinski definition) is 1. The first-order chi connectivity index (χ1) is 8.09. The number of para-hydroxylation sites is 1. The quantitative estimate of drug-likeness (QED) is 0.783. The van der Waals surface area contributed by atoms with Gasteiger partial charge >= 0.3 is 0 Å². The minimum atomic E-state index is 0.536. The third-order valence-electron chi connectivity index (χ3n) is 2.66. The zero-order chi connectivity index (χ0) is 12.7. The first-order valence-electron chi connectivity index (χ1n) is 6.48. The number of benzene rings is 1. The van der Waals surface area contributed by atoms with E-state index in [-0.39, 0.29) is 0 Å². The summed E-state index contributed by atoms with van der Waals surface area (Å²) in [5.74, 6) is 2.25. The second kappa shape index (κ2) is 7.33. The van der Waals surface area contributed by atoms with Crippen LogP contribution in [0.2, 0.25) is 0 Å². The molecule has 1 aromatic carbocycles. The molecule has 0 aliphatic heterocycles. The summed E-state index contributed by atoms with van der Waals surface area (Å²) in [5, 5.41) is 3.46. The van der Waals surface area contributed by atoms with Crippen molar-refractivity contribution in [1.82, 2.24) is 5.32 Å². The third kappa shape index (κ3) is 5.73. The van der Waals surface area contributed by atoms with Gasteiger partial charge in [0.25, 0.3) is 0 Å². The van der Waals surface area contributed by atoms with Gasteiger partial charge in [-0.15, -0.1) is 0 Å². The maximum absolute atomic E-state index is 5.82. The molecular formula is C15H25NO. The van der Waals surface area contributed by atoms with Gasteiger partial charge in [0.1, 0.15) is 5.75 Å². The lowest BCUT2D eigenvalue weighted by molar-refractivity contribution is 0.253. The summed E-state index contributed by atoms with van der Waals surface area (Å²) in [7, 11) is 0. The summed E-state index contributed by atoms with van der Waals surface area (Å²) in [6, 6.07) is 8.17. The monoisotopic (exact) mass is 235 g/mol. The van der Waals surface area contributed by atoms with E-state index in [9.17, 15) is 0 Å². The van der Waals surface area contributed by atoms with Crippen molar-refractivity contribution < 1.29 is 4.74 Å². The van der Waals surface area contributed by atoms with Crippen LogP contribution in [-0.4, -0.2) is 19.7 Å². The minimum Gasteiger partial charge on any atom is -0.493 e. The molecule has 0 aromatic heterocycles. The fraction of sp³-hybridized carbons (Fsp3) is 0.600. The van der Waals surface area contributed by atoms with Gasteiger partial charge in [-0.3, -0.25) is 0 Å². The standard InChI is InChI=1S/C15H25NO/c1-12(2)9-16-10-13(3)11-17-15-8-6-5-7-14(15)4/h5-8,12-13,16H,9-11H2,1-4H3. The summed E-state index contributed by atoms with van der Waals surface area (Å²) in [6.07, 6.45) is 0. The molecule has 1 rings (SSSR count). The highest BCUT2D eigenvalue weighted by molar-refractivity contribution is 5.31. The van der Waals surface area contributed by atoms with Crippen molar-refractivity contribution in [3.05, 3.63) is 29.8 Å². The van der Waals surface area contributed by atoms with Crippen LogP contribution in [0.15, 0.2) is 24.3 Å². The number of aryl methyl sites for hydroxylation is 1. The van der Waals surface area contributed by atoms with E-state index in [0.717, 1.165) is 25.4 Å². The summed E-state index contributed by atoms with van der Waals surface area (Å²) >= 11 is 0. The number of rotatable bonds is 7. The largest absolute Gasteiger partial charge is 0.493 e. The van der Waals surface area contributed by atoms with E-state index in [4.69, 9.17) is 4.74 Å². The highest BCUT2D eigenvalue weighted by atomic mass is 16.5. The van der Waals surface area contributed by atoms with Gasteiger partial charge in [-0.05, 0) is 31.0 Å². The molecule has 1 atom stereocenters. The van der Waals surface area contributed by atoms with Crippen molar-refractivity contribution in [2.24, 2.45) is 11.8 Å². The Bertz CT molecular complexity index is 322. The van der Waals surface area contributed by atoms with E-state index in [2.05, 4.69) is 39.1 Å². The van der Waals surface area contributed by atoms with Gasteiger partial charge < -0.3 is 10.1 Å². The van der Waals surface area contributed by atoms with Crippen LogP contribution in [0.25, 0.3) is 0 Å². The zero-order valence-electron chi connectivity index (χ0n) is 11.5. The van der Waals surface area contributed by atoms with Crippen molar-refractivity contribution in [2.75, 3.05) is 19.7 Å². The molecule has 0 aliphatic rings. The van der Waals surface area contributed by atoms with Crippen LogP contribution in [0, 0.1) is 18.8 Å². The van der Waals surface area contributed by atoms with E-state index in [1.54, 1.807) is 0 Å². The molecule has 0 bridgehead atoms. The van der Waals surface area contributed by atoms with Gasteiger partial charge in [0.05, 0.1) is 6.61 Å². The summed E-state index contributed by atoms with van der Waals surface area (Å²) in [5.41, 5.74) is 1.20. The van der Waals surface area contributed by atoms with Crippen LogP contribution in [0.4, 0.5) is 0 Å². The summed E-state index contributed by atoms with van der Waals surface area (Å²) in [6.45, 7) is 11.6. The van der Waals surface area contributed by atoms with E-state index in [0.29, 0.717) is 11.8 Å². The molecule has 2 heteroatoms. The average Bonchev–Trinajstić information content (AvgIpc) is 2.27. The molecule has 0 spiro atoms. The van der Waals surface area contributed by atoms with Crippen LogP contribution in [0.1, 0.15) is 26.3 Å². The van der Waals surface area contributed by atoms with E-state index in [1.807, 2.05) is 18.2 Å². The topological polar surface area (TPSA) is 21.3 Å². The molecule has 1 aromatic rings. The molecule has 0 heterocycles. The second-order valence-electron chi connectivity index (χ2n) is 5.23. The molecule has 2 nitrogen and oxygen atoms in total. The lowest BCUT2D eigenvalue weighted by Gasteiger charge is -2.16. The summed E-state index contributed by atoms with van der Waals surface area (Å²) < 4.78 is 5.82. The molecule has 0 radical (unpaired) electrons. The van der Waals surface area contributed by atoms with Crippen molar-refractivity contribution >= 4 is 0 Å². The Morgan fingerprint density at radius 1 is 1.12 bits per heavy atom. The number of nitrogens with one attached hydrogen (secondary N) is 1. The average molecular weight is 235 g/mol. The Morgan fingerprint density at radius 3 is 2.47 bits per heavy atom. The van der Waals surface area contributed by atoms with Gasteiger partial charge in [-0.1, -0.05) is 39.0 Å². The van der Waals surface area contributed by atoms with Crippen molar-refractivity contribution in [1.29, 1.82) is 0 Å². The Morgan fingerprint density at radius 2 is 1.82 bits per heavy atom. The Kier molecular flexibility index (Phi) is 6.06. The number of hydrogen-bond acceptors (Lipinski definition) is 2. The smallest absolute Gasteiger partial charge is 0.122 e. The van der Waals surface area contributed by atoms with Crippen LogP contribution in [-0.2, 0) is 0 Å². The van der Waals surface area contributed by atoms with Crippen LogP contribution < -0.4 is 10.1 Å². The molecule has 1 N–H and O–H groups in total. The van der Waals surface area contributed by atoms with E-state index < -0.39 is 0 Å². The van der Waals surface area contributed by atoms with Gasteiger partial charge in [-0.2, -0.15) is 0 Å². The Hall–Kier alpha value is -1.02. The molecular weight excluding hydrogens is 210 g/mol. The predicted molar refractivity (Wildman–Crippen MR) is 73.5 cm³/mol. The maximum atomic E-state index is 5.82. The maximum Gasteiger partial charge on any atom is 0.122 e. The molecule has 0 aliphatic carbocycles. The lowest BCUT2D eigenvalue weighted by Crippen LogP contribution is -2.28. The van der Waals surface area contributed by atoms with Crippen LogP contribution >= 0.6 is 0 Å². The molecule has 17 heavy (non-hydrogen) atoms. The third-order valence-corrected chi connectivity index (χ3v) is 2.66. The SMILES string of the molecule is Cc1ccccc1OCC(C)CNCC(C)C. The fourth-order valence-corrected chi connectivity index (χ4v) is 1.63. The highest BCUT2D eigenvalue weighted by Crippen LogP contribution is 2.16. The molecule has 0 saturated heterocycles. The molecule has 96 valence electrons. The first-order valence-corrected chi connectivity index (χ1v) is 6.48. The lowest BCUT2D eigenvalue weighted by atomic mass is 10.1. The van der Waals surface area contributed by atoms with E-state index >= 15 is 0 Å². The minimum absolute atomic E-state index is 0.536. The normalized spacial score (nSPS) is 12.8. The van der Waals surface area contributed by atoms with Crippen molar-refractivity contribution in [3.8, 4) is 5.75 Å².